The Morgan fingerprint density at radius 3 is 2.23 bits per heavy atom. The largest absolute Gasteiger partial charge is 0.435 e. The summed E-state index contributed by atoms with van der Waals surface area (Å²) < 4.78 is 38.1. The van der Waals surface area contributed by atoms with Crippen LogP contribution in [0.25, 0.3) is 0 Å². The highest BCUT2D eigenvalue weighted by Gasteiger charge is 2.59. The Hall–Kier alpha value is -2.63. The number of urea groups is 1. The van der Waals surface area contributed by atoms with E-state index in [-0.39, 0.29) is 16.9 Å². The number of amides is 2. The summed E-state index contributed by atoms with van der Waals surface area (Å²) in [4.78, 5) is 21.2. The van der Waals surface area contributed by atoms with Crippen LogP contribution in [-0.4, -0.2) is 72.5 Å². The molecule has 3 saturated carbocycles. The summed E-state index contributed by atoms with van der Waals surface area (Å²) in [6.07, 6.45) is 1.45. The molecule has 2 saturated heterocycles. The molecule has 4 heterocycles. The molecule has 3 aliphatic carbocycles. The molecule has 0 atom stereocenters. The van der Waals surface area contributed by atoms with Gasteiger partial charge >= 0.3 is 12.2 Å². The average Bonchev–Trinajstić information content (AvgIpc) is 3.10. The van der Waals surface area contributed by atoms with Gasteiger partial charge in [0.05, 0.1) is 0 Å². The summed E-state index contributed by atoms with van der Waals surface area (Å²) in [5, 5.41) is 23.2. The number of hydrogen-bond acceptors (Lipinski definition) is 5. The fourth-order valence-corrected chi connectivity index (χ4v) is 6.93. The zero-order valence-electron chi connectivity index (χ0n) is 19.2. The number of carbonyl (C=O) groups is 1. The molecule has 0 unspecified atom stereocenters. The average molecular weight is 492 g/mol. The van der Waals surface area contributed by atoms with Gasteiger partial charge in [-0.3, -0.25) is 10.2 Å². The number of halogens is 3. The number of H-pyrrole nitrogens is 2. The minimum absolute atomic E-state index is 0.106. The van der Waals surface area contributed by atoms with E-state index in [0.29, 0.717) is 29.8 Å². The van der Waals surface area contributed by atoms with Gasteiger partial charge in [0.15, 0.2) is 11.5 Å². The van der Waals surface area contributed by atoms with Crippen molar-refractivity contribution in [2.75, 3.05) is 26.2 Å². The van der Waals surface area contributed by atoms with Crippen LogP contribution in [-0.2, 0) is 18.2 Å². The maximum absolute atomic E-state index is 12.9. The molecular formula is C23H28F3N7O2. The van der Waals surface area contributed by atoms with Crippen molar-refractivity contribution < 1.29 is 23.1 Å². The van der Waals surface area contributed by atoms with Gasteiger partial charge in [0, 0.05) is 48.6 Å². The quantitative estimate of drug-likeness (QED) is 0.609. The Balaban J connectivity index is 0.845. The van der Waals surface area contributed by atoms with Crippen molar-refractivity contribution in [2.24, 2.45) is 16.7 Å². The number of nitrogens with zero attached hydrogens (tertiary/aromatic N) is 5. The second-order valence-electron chi connectivity index (χ2n) is 11.9. The lowest BCUT2D eigenvalue weighted by Gasteiger charge is -2.63. The molecule has 3 N–H and O–H groups in total. The molecular weight excluding hydrogens is 463 g/mol. The third-order valence-electron chi connectivity index (χ3n) is 8.91. The molecule has 2 spiro atoms. The van der Waals surface area contributed by atoms with E-state index in [0.717, 1.165) is 76.6 Å². The van der Waals surface area contributed by atoms with Crippen molar-refractivity contribution >= 4 is 6.03 Å². The number of likely N-dealkylation sites (tertiary alicyclic amines) is 2. The molecule has 0 bridgehead atoms. The molecule has 2 aliphatic heterocycles. The predicted octanol–water partition coefficient (Wildman–Crippen LogP) is 2.78. The van der Waals surface area contributed by atoms with Crippen LogP contribution in [0.1, 0.15) is 67.5 Å². The van der Waals surface area contributed by atoms with Crippen LogP contribution < -0.4 is 0 Å². The first-order valence-corrected chi connectivity index (χ1v) is 12.3. The fraction of sp³-hybridized carbons (Fsp3) is 0.739. The second kappa shape index (κ2) is 6.77. The van der Waals surface area contributed by atoms with Crippen LogP contribution in [0.15, 0.2) is 6.07 Å². The van der Waals surface area contributed by atoms with Gasteiger partial charge in [-0.05, 0) is 56.9 Å². The molecule has 35 heavy (non-hydrogen) atoms. The lowest BCUT2D eigenvalue weighted by molar-refractivity contribution is -0.141. The third-order valence-corrected chi connectivity index (χ3v) is 8.91. The zero-order chi connectivity index (χ0) is 24.2. The number of hydrogen-bond donors (Lipinski definition) is 3. The SMILES string of the molecule is O=C(N1CC2(CC(Cc3cc(C(F)(F)F)n[nH]3)C2)C1)N1CC2(CC(c3nc(C4(O)CC4)n[nH]3)C2)C1. The maximum Gasteiger partial charge on any atom is 0.435 e. The van der Waals surface area contributed by atoms with Gasteiger partial charge in [0.25, 0.3) is 0 Å². The predicted molar refractivity (Wildman–Crippen MR) is 115 cm³/mol. The number of alkyl halides is 3. The molecule has 9 nitrogen and oxygen atoms in total. The van der Waals surface area contributed by atoms with Crippen LogP contribution in [0.5, 0.6) is 0 Å². The van der Waals surface area contributed by atoms with Crippen LogP contribution in [0, 0.1) is 16.7 Å². The van der Waals surface area contributed by atoms with E-state index in [1.807, 2.05) is 9.80 Å². The van der Waals surface area contributed by atoms with Crippen molar-refractivity contribution in [1.29, 1.82) is 0 Å². The monoisotopic (exact) mass is 491 g/mol. The molecule has 2 aromatic heterocycles. The molecule has 2 amide bonds. The molecule has 188 valence electrons. The molecule has 5 fully saturated rings. The first-order chi connectivity index (χ1) is 16.5. The standard InChI is InChI=1S/C23H28F3N7O2/c24-23(25,26)16-4-15(28-29-16)3-13-5-20(6-13)9-32(10-20)19(34)33-11-21(12-33)7-14(8-21)17-27-18(31-30-17)22(35)1-2-22/h4,13-14,35H,1-3,5-12H2,(H,28,29)(H,27,30,31). The molecule has 12 heteroatoms. The van der Waals surface area contributed by atoms with Crippen molar-refractivity contribution in [3.8, 4) is 0 Å². The smallest absolute Gasteiger partial charge is 0.382 e. The van der Waals surface area contributed by atoms with Crippen molar-refractivity contribution in [1.82, 2.24) is 35.2 Å². The first-order valence-electron chi connectivity index (χ1n) is 12.3. The number of aliphatic hydroxyl groups is 1. The summed E-state index contributed by atoms with van der Waals surface area (Å²) in [6, 6.07) is 1.21. The Morgan fingerprint density at radius 1 is 1.03 bits per heavy atom. The van der Waals surface area contributed by atoms with Gasteiger partial charge in [-0.15, -0.1) is 0 Å². The van der Waals surface area contributed by atoms with Gasteiger partial charge < -0.3 is 14.9 Å². The summed E-state index contributed by atoms with van der Waals surface area (Å²) in [5.41, 5.74) is -0.825. The normalized spacial score (nSPS) is 26.3. The van der Waals surface area contributed by atoms with Crippen molar-refractivity contribution in [3.63, 3.8) is 0 Å². The highest BCUT2D eigenvalue weighted by molar-refractivity contribution is 5.77. The van der Waals surface area contributed by atoms with Crippen LogP contribution in [0.4, 0.5) is 18.0 Å². The summed E-state index contributed by atoms with van der Waals surface area (Å²) in [5.74, 6) is 2.02. The van der Waals surface area contributed by atoms with E-state index in [9.17, 15) is 23.1 Å². The van der Waals surface area contributed by atoms with Gasteiger partial charge in [-0.2, -0.15) is 23.4 Å². The van der Waals surface area contributed by atoms with Gasteiger partial charge in [-0.1, -0.05) is 0 Å². The van der Waals surface area contributed by atoms with Crippen LogP contribution in [0.3, 0.4) is 0 Å². The number of rotatable bonds is 4. The highest BCUT2D eigenvalue weighted by atomic mass is 19.4. The van der Waals surface area contributed by atoms with Gasteiger partial charge in [0.1, 0.15) is 11.4 Å². The summed E-state index contributed by atoms with van der Waals surface area (Å²) in [7, 11) is 0. The lowest BCUT2D eigenvalue weighted by atomic mass is 9.56. The number of aromatic amines is 2. The second-order valence-corrected chi connectivity index (χ2v) is 11.9. The molecule has 5 aliphatic rings. The van der Waals surface area contributed by atoms with E-state index >= 15 is 0 Å². The first kappa shape index (κ1) is 21.6. The zero-order valence-corrected chi connectivity index (χ0v) is 19.2. The highest BCUT2D eigenvalue weighted by Crippen LogP contribution is 2.57. The Morgan fingerprint density at radius 2 is 1.66 bits per heavy atom. The molecule has 7 rings (SSSR count). The minimum atomic E-state index is -4.42. The number of nitrogens with one attached hydrogen (secondary N) is 2. The summed E-state index contributed by atoms with van der Waals surface area (Å²) >= 11 is 0. The van der Waals surface area contributed by atoms with Crippen LogP contribution in [0.2, 0.25) is 0 Å². The fourth-order valence-electron chi connectivity index (χ4n) is 6.93. The number of carbonyl (C=O) groups excluding carboxylic acids is 1. The van der Waals surface area contributed by atoms with E-state index < -0.39 is 17.5 Å². The lowest BCUT2D eigenvalue weighted by Crippen LogP contribution is -2.70. The Labute approximate surface area is 199 Å². The Kier molecular flexibility index (Phi) is 4.19. The molecule has 0 aromatic carbocycles. The topological polar surface area (TPSA) is 114 Å². The minimum Gasteiger partial charge on any atom is -0.382 e. The Bertz CT molecular complexity index is 1160. The van der Waals surface area contributed by atoms with E-state index in [4.69, 9.17) is 0 Å². The van der Waals surface area contributed by atoms with E-state index in [1.54, 1.807) is 0 Å². The van der Waals surface area contributed by atoms with Crippen molar-refractivity contribution in [2.45, 2.75) is 62.6 Å². The molecule has 2 aromatic rings. The van der Waals surface area contributed by atoms with E-state index in [2.05, 4.69) is 25.4 Å². The third kappa shape index (κ3) is 3.47. The molecule has 0 radical (unpaired) electrons. The van der Waals surface area contributed by atoms with E-state index in [1.165, 1.54) is 0 Å². The van der Waals surface area contributed by atoms with Gasteiger partial charge in [0.2, 0.25) is 0 Å². The summed E-state index contributed by atoms with van der Waals surface area (Å²) in [6.45, 7) is 3.05. The number of aromatic nitrogens is 5. The van der Waals surface area contributed by atoms with Crippen molar-refractivity contribution in [3.05, 3.63) is 29.1 Å². The van der Waals surface area contributed by atoms with Crippen LogP contribution >= 0.6 is 0 Å². The maximum atomic E-state index is 12.9. The van der Waals surface area contributed by atoms with Gasteiger partial charge in [-0.25, -0.2) is 9.78 Å².